The number of likely N-dealkylation sites (N-methyl/N-ethyl adjacent to an activating group) is 1. The molecule has 1 aromatic heterocycles. The Morgan fingerprint density at radius 3 is 2.79 bits per heavy atom. The maximum Gasteiger partial charge on any atom is 0.244 e. The normalized spacial score (nSPS) is 14.2. The van der Waals surface area contributed by atoms with E-state index in [1.165, 1.54) is 22.7 Å². The lowest BCUT2D eigenvalue weighted by atomic mass is 10.3. The molecule has 4 nitrogen and oxygen atoms in total. The molecule has 1 N–H and O–H groups in total. The van der Waals surface area contributed by atoms with E-state index in [4.69, 9.17) is 16.7 Å². The minimum absolute atomic E-state index is 0.224. The minimum atomic E-state index is -3.63. The summed E-state index contributed by atoms with van der Waals surface area (Å²) < 4.78 is 27.0. The number of halogens is 1. The zero-order valence-electron chi connectivity index (χ0n) is 10.5. The highest BCUT2D eigenvalue weighted by Crippen LogP contribution is 2.33. The number of rotatable bonds is 4. The lowest BCUT2D eigenvalue weighted by Gasteiger charge is -2.22. The Morgan fingerprint density at radius 1 is 1.47 bits per heavy atom. The minimum Gasteiger partial charge on any atom is -0.395 e. The molecule has 104 valence electrons. The van der Waals surface area contributed by atoms with Gasteiger partial charge in [0.05, 0.1) is 6.61 Å². The topological polar surface area (TPSA) is 57.6 Å². The van der Waals surface area contributed by atoms with Crippen LogP contribution >= 0.6 is 22.9 Å². The van der Waals surface area contributed by atoms with Crippen molar-refractivity contribution in [2.24, 2.45) is 0 Å². The van der Waals surface area contributed by atoms with Crippen LogP contribution in [0.3, 0.4) is 0 Å². The predicted octanol–water partition coefficient (Wildman–Crippen LogP) is 2.56. The summed E-state index contributed by atoms with van der Waals surface area (Å²) in [5.41, 5.74) is 0. The molecule has 0 aliphatic heterocycles. The number of hydrogen-bond acceptors (Lipinski definition) is 4. The van der Waals surface area contributed by atoms with Crippen molar-refractivity contribution >= 4 is 43.0 Å². The van der Waals surface area contributed by atoms with Crippen LogP contribution < -0.4 is 0 Å². The van der Waals surface area contributed by atoms with E-state index in [0.717, 1.165) is 4.70 Å². The average molecular weight is 320 g/mol. The molecule has 1 heterocycles. The van der Waals surface area contributed by atoms with Crippen LogP contribution in [0.2, 0.25) is 5.02 Å². The Kier molecular flexibility index (Phi) is 4.17. The molecule has 0 saturated heterocycles. The predicted molar refractivity (Wildman–Crippen MR) is 78.3 cm³/mol. The Labute approximate surface area is 121 Å². The van der Waals surface area contributed by atoms with Crippen molar-refractivity contribution in [3.8, 4) is 0 Å². The number of aliphatic hydroxyl groups is 1. The SMILES string of the molecule is CC(CO)N(C)S(=O)(=O)c1csc2ccc(Cl)cc12. The number of fused-ring (bicyclic) bond motifs is 1. The largest absolute Gasteiger partial charge is 0.395 e. The van der Waals surface area contributed by atoms with E-state index in [0.29, 0.717) is 10.4 Å². The fraction of sp³-hybridized carbons (Fsp3) is 0.333. The first kappa shape index (κ1) is 14.7. The zero-order chi connectivity index (χ0) is 14.2. The highest BCUT2D eigenvalue weighted by molar-refractivity contribution is 7.89. The van der Waals surface area contributed by atoms with Crippen LogP contribution in [-0.2, 0) is 10.0 Å². The van der Waals surface area contributed by atoms with Crippen LogP contribution in [-0.4, -0.2) is 37.5 Å². The number of hydrogen-bond donors (Lipinski definition) is 1. The van der Waals surface area contributed by atoms with Crippen molar-refractivity contribution in [3.05, 3.63) is 28.6 Å². The van der Waals surface area contributed by atoms with Gasteiger partial charge in [0.1, 0.15) is 4.90 Å². The van der Waals surface area contributed by atoms with Gasteiger partial charge in [-0.3, -0.25) is 0 Å². The summed E-state index contributed by atoms with van der Waals surface area (Å²) in [4.78, 5) is 0.234. The standard InChI is InChI=1S/C12H14ClNO3S2/c1-8(6-15)14(2)19(16,17)12-7-18-11-4-3-9(13)5-10(11)12/h3-5,7-8,15H,6H2,1-2H3. The summed E-state index contributed by atoms with van der Waals surface area (Å²) in [6, 6.07) is 4.71. The molecule has 1 atom stereocenters. The van der Waals surface area contributed by atoms with Crippen LogP contribution in [0.5, 0.6) is 0 Å². The molecule has 1 unspecified atom stereocenters. The summed E-state index contributed by atoms with van der Waals surface area (Å²) >= 11 is 7.28. The second-order valence-corrected chi connectivity index (χ2v) is 7.61. The molecule has 0 radical (unpaired) electrons. The summed E-state index contributed by atoms with van der Waals surface area (Å²) in [5.74, 6) is 0. The van der Waals surface area contributed by atoms with Crippen molar-refractivity contribution in [3.63, 3.8) is 0 Å². The second kappa shape index (κ2) is 5.38. The number of aliphatic hydroxyl groups excluding tert-OH is 1. The van der Waals surface area contributed by atoms with Crippen molar-refractivity contribution in [2.75, 3.05) is 13.7 Å². The van der Waals surface area contributed by atoms with Crippen molar-refractivity contribution in [1.82, 2.24) is 4.31 Å². The van der Waals surface area contributed by atoms with Gasteiger partial charge in [0.2, 0.25) is 10.0 Å². The monoisotopic (exact) mass is 319 g/mol. The molecule has 0 spiro atoms. The second-order valence-electron chi connectivity index (χ2n) is 4.29. The summed E-state index contributed by atoms with van der Waals surface area (Å²) in [6.07, 6.45) is 0. The number of nitrogens with zero attached hydrogens (tertiary/aromatic N) is 1. The number of thiophene rings is 1. The molecule has 2 aromatic rings. The van der Waals surface area contributed by atoms with Gasteiger partial charge in [-0.05, 0) is 25.1 Å². The quantitative estimate of drug-likeness (QED) is 0.942. The van der Waals surface area contributed by atoms with Crippen LogP contribution in [0, 0.1) is 0 Å². The highest BCUT2D eigenvalue weighted by atomic mass is 35.5. The van der Waals surface area contributed by atoms with Gasteiger partial charge in [-0.2, -0.15) is 4.31 Å². The highest BCUT2D eigenvalue weighted by Gasteiger charge is 2.27. The van der Waals surface area contributed by atoms with Crippen molar-refractivity contribution in [1.29, 1.82) is 0 Å². The van der Waals surface area contributed by atoms with Crippen LogP contribution in [0.1, 0.15) is 6.92 Å². The van der Waals surface area contributed by atoms with Gasteiger partial charge in [-0.15, -0.1) is 11.3 Å². The Balaban J connectivity index is 2.58. The third-order valence-electron chi connectivity index (χ3n) is 3.04. The molecule has 2 rings (SSSR count). The first-order valence-electron chi connectivity index (χ1n) is 5.63. The molecule has 0 bridgehead atoms. The summed E-state index contributed by atoms with van der Waals surface area (Å²) in [6.45, 7) is 1.43. The van der Waals surface area contributed by atoms with E-state index >= 15 is 0 Å². The molecule has 0 aliphatic rings. The van der Waals surface area contributed by atoms with Gasteiger partial charge in [-0.25, -0.2) is 8.42 Å². The van der Waals surface area contributed by atoms with Gasteiger partial charge < -0.3 is 5.11 Å². The number of sulfonamides is 1. The lowest BCUT2D eigenvalue weighted by molar-refractivity contribution is 0.214. The van der Waals surface area contributed by atoms with E-state index in [1.807, 2.05) is 0 Å². The maximum absolute atomic E-state index is 12.5. The smallest absolute Gasteiger partial charge is 0.244 e. The van der Waals surface area contributed by atoms with Crippen molar-refractivity contribution < 1.29 is 13.5 Å². The van der Waals surface area contributed by atoms with E-state index in [-0.39, 0.29) is 11.5 Å². The summed E-state index contributed by atoms with van der Waals surface area (Å²) in [5, 5.41) is 11.8. The van der Waals surface area contributed by atoms with E-state index in [9.17, 15) is 8.42 Å². The van der Waals surface area contributed by atoms with Crippen LogP contribution in [0.25, 0.3) is 10.1 Å². The Bertz CT molecular complexity index is 696. The first-order valence-corrected chi connectivity index (χ1v) is 8.33. The molecule has 0 amide bonds. The average Bonchev–Trinajstić information content (AvgIpc) is 2.80. The van der Waals surface area contributed by atoms with Gasteiger partial charge >= 0.3 is 0 Å². The first-order chi connectivity index (χ1) is 8.87. The van der Waals surface area contributed by atoms with Gasteiger partial charge in [0.25, 0.3) is 0 Å². The molecule has 0 fully saturated rings. The van der Waals surface area contributed by atoms with Gasteiger partial charge in [0.15, 0.2) is 0 Å². The fourth-order valence-corrected chi connectivity index (χ4v) is 4.65. The maximum atomic E-state index is 12.5. The van der Waals surface area contributed by atoms with Crippen LogP contribution in [0.4, 0.5) is 0 Å². The third kappa shape index (κ3) is 2.64. The fourth-order valence-electron chi connectivity index (χ4n) is 1.68. The Hall–Kier alpha value is -0.660. The van der Waals surface area contributed by atoms with Crippen molar-refractivity contribution in [2.45, 2.75) is 17.9 Å². The molecule has 0 aliphatic carbocycles. The van der Waals surface area contributed by atoms with Crippen LogP contribution in [0.15, 0.2) is 28.5 Å². The summed E-state index contributed by atoms with van der Waals surface area (Å²) in [7, 11) is -2.16. The Morgan fingerprint density at radius 2 is 2.16 bits per heavy atom. The molecule has 0 saturated carbocycles. The molecule has 19 heavy (non-hydrogen) atoms. The number of benzene rings is 1. The molecule has 1 aromatic carbocycles. The van der Waals surface area contributed by atoms with E-state index in [2.05, 4.69) is 0 Å². The lowest BCUT2D eigenvalue weighted by Crippen LogP contribution is -2.37. The third-order valence-corrected chi connectivity index (χ3v) is 6.40. The molecule has 7 heteroatoms. The van der Waals surface area contributed by atoms with E-state index in [1.54, 1.807) is 30.5 Å². The van der Waals surface area contributed by atoms with Gasteiger partial charge in [0, 0.05) is 33.6 Å². The zero-order valence-corrected chi connectivity index (χ0v) is 12.9. The van der Waals surface area contributed by atoms with Gasteiger partial charge in [-0.1, -0.05) is 11.6 Å². The molecular formula is C12H14ClNO3S2. The molecular weight excluding hydrogens is 306 g/mol. The van der Waals surface area contributed by atoms with E-state index < -0.39 is 16.1 Å².